The highest BCUT2D eigenvalue weighted by Crippen LogP contribution is 2.33. The molecular weight excluding hydrogens is 376 g/mol. The van der Waals surface area contributed by atoms with E-state index in [0.717, 1.165) is 4.90 Å². The van der Waals surface area contributed by atoms with Crippen LogP contribution in [0.5, 0.6) is 5.75 Å². The molecule has 4 rings (SSSR count). The molecule has 0 spiro atoms. The molecule has 2 amide bonds. The second kappa shape index (κ2) is 7.13. The summed E-state index contributed by atoms with van der Waals surface area (Å²) in [5, 5.41) is 0. The summed E-state index contributed by atoms with van der Waals surface area (Å²) in [6, 6.07) is 17.7. The standard InChI is InChI=1S/C23H17F2NO3/c1-23(15-5-4-6-17(25)13-15,29-18-11-9-16(24)10-12-18)14-26-21(27)19-7-2-3-8-20(19)22(26)28/h2-13H,14H2,1H3. The maximum Gasteiger partial charge on any atom is 0.261 e. The van der Waals surface area contributed by atoms with E-state index >= 15 is 0 Å². The first kappa shape index (κ1) is 18.8. The lowest BCUT2D eigenvalue weighted by Crippen LogP contribution is -2.45. The minimum atomic E-state index is -1.26. The van der Waals surface area contributed by atoms with Crippen molar-refractivity contribution in [1.29, 1.82) is 0 Å². The number of hydrogen-bond donors (Lipinski definition) is 0. The van der Waals surface area contributed by atoms with Gasteiger partial charge in [-0.2, -0.15) is 0 Å². The number of amides is 2. The molecule has 29 heavy (non-hydrogen) atoms. The fourth-order valence-corrected chi connectivity index (χ4v) is 3.45. The fraction of sp³-hybridized carbons (Fsp3) is 0.130. The molecule has 1 aliphatic rings. The fourth-order valence-electron chi connectivity index (χ4n) is 3.45. The van der Waals surface area contributed by atoms with Crippen molar-refractivity contribution in [1.82, 2.24) is 4.90 Å². The Morgan fingerprint density at radius 3 is 2.03 bits per heavy atom. The summed E-state index contributed by atoms with van der Waals surface area (Å²) in [6.45, 7) is 1.52. The quantitative estimate of drug-likeness (QED) is 0.597. The number of ether oxygens (including phenoxy) is 1. The number of nitrogens with zero attached hydrogens (tertiary/aromatic N) is 1. The lowest BCUT2D eigenvalue weighted by molar-refractivity contribution is 0.0318. The van der Waals surface area contributed by atoms with Crippen molar-refractivity contribution >= 4 is 11.8 Å². The molecule has 1 aliphatic heterocycles. The molecule has 1 atom stereocenters. The molecule has 146 valence electrons. The number of benzene rings is 3. The largest absolute Gasteiger partial charge is 0.481 e. The summed E-state index contributed by atoms with van der Waals surface area (Å²) in [7, 11) is 0. The summed E-state index contributed by atoms with van der Waals surface area (Å²) >= 11 is 0. The molecule has 6 heteroatoms. The molecule has 3 aromatic rings. The molecule has 3 aromatic carbocycles. The molecule has 0 N–H and O–H groups in total. The molecule has 4 nitrogen and oxygen atoms in total. The predicted molar refractivity (Wildman–Crippen MR) is 103 cm³/mol. The monoisotopic (exact) mass is 393 g/mol. The van der Waals surface area contributed by atoms with Crippen molar-refractivity contribution in [3.63, 3.8) is 0 Å². The van der Waals surface area contributed by atoms with Crippen LogP contribution in [0.3, 0.4) is 0 Å². The molecule has 1 unspecified atom stereocenters. The van der Waals surface area contributed by atoms with Crippen LogP contribution in [0, 0.1) is 11.6 Å². The first-order chi connectivity index (χ1) is 13.9. The van der Waals surface area contributed by atoms with Crippen LogP contribution in [0.4, 0.5) is 8.78 Å². The van der Waals surface area contributed by atoms with Crippen LogP contribution >= 0.6 is 0 Å². The minimum Gasteiger partial charge on any atom is -0.481 e. The van der Waals surface area contributed by atoms with E-state index in [-0.39, 0.29) is 6.54 Å². The zero-order chi connectivity index (χ0) is 20.6. The van der Waals surface area contributed by atoms with E-state index in [1.807, 2.05) is 0 Å². The average Bonchev–Trinajstić information content (AvgIpc) is 2.95. The molecule has 0 saturated carbocycles. The lowest BCUT2D eigenvalue weighted by atomic mass is 9.94. The Labute approximate surface area is 166 Å². The third-order valence-corrected chi connectivity index (χ3v) is 4.93. The molecular formula is C23H17F2NO3. The zero-order valence-electron chi connectivity index (χ0n) is 15.6. The number of halogens is 2. The predicted octanol–water partition coefficient (Wildman–Crippen LogP) is 4.56. The third kappa shape index (κ3) is 3.49. The van der Waals surface area contributed by atoms with Gasteiger partial charge in [0.2, 0.25) is 0 Å². The summed E-state index contributed by atoms with van der Waals surface area (Å²) < 4.78 is 33.3. The van der Waals surface area contributed by atoms with Gasteiger partial charge in [0.25, 0.3) is 11.8 Å². The van der Waals surface area contributed by atoms with Crippen LogP contribution in [0.1, 0.15) is 33.2 Å². The van der Waals surface area contributed by atoms with E-state index in [0.29, 0.717) is 22.4 Å². The van der Waals surface area contributed by atoms with Gasteiger partial charge < -0.3 is 4.74 Å². The summed E-state index contributed by atoms with van der Waals surface area (Å²) in [6.07, 6.45) is 0. The van der Waals surface area contributed by atoms with Gasteiger partial charge >= 0.3 is 0 Å². The molecule has 0 radical (unpaired) electrons. The Kier molecular flexibility index (Phi) is 4.62. The van der Waals surface area contributed by atoms with Gasteiger partial charge in [-0.3, -0.25) is 14.5 Å². The number of carbonyl (C=O) groups is 2. The Bertz CT molecular complexity index is 1060. The maximum absolute atomic E-state index is 13.9. The highest BCUT2D eigenvalue weighted by Gasteiger charge is 2.42. The smallest absolute Gasteiger partial charge is 0.261 e. The normalized spacial score (nSPS) is 15.2. The number of rotatable bonds is 5. The van der Waals surface area contributed by atoms with Gasteiger partial charge in [-0.25, -0.2) is 8.78 Å². The number of hydrogen-bond acceptors (Lipinski definition) is 3. The van der Waals surface area contributed by atoms with Crippen LogP contribution in [0.15, 0.2) is 72.8 Å². The Morgan fingerprint density at radius 2 is 1.45 bits per heavy atom. The SMILES string of the molecule is CC(CN1C(=O)c2ccccc2C1=O)(Oc1ccc(F)cc1)c1cccc(F)c1. The molecule has 0 saturated heterocycles. The highest BCUT2D eigenvalue weighted by molar-refractivity contribution is 6.21. The summed E-state index contributed by atoms with van der Waals surface area (Å²) in [5.41, 5.74) is -0.173. The van der Waals surface area contributed by atoms with E-state index in [2.05, 4.69) is 0 Å². The van der Waals surface area contributed by atoms with Crippen molar-refractivity contribution in [3.8, 4) is 5.75 Å². The van der Waals surface area contributed by atoms with Gasteiger partial charge in [-0.05, 0) is 61.0 Å². The van der Waals surface area contributed by atoms with Crippen LogP contribution in [0.25, 0.3) is 0 Å². The van der Waals surface area contributed by atoms with Crippen LogP contribution in [0.2, 0.25) is 0 Å². The van der Waals surface area contributed by atoms with Crippen molar-refractivity contribution in [2.24, 2.45) is 0 Å². The van der Waals surface area contributed by atoms with E-state index in [1.165, 1.54) is 42.5 Å². The zero-order valence-corrected chi connectivity index (χ0v) is 15.6. The van der Waals surface area contributed by atoms with Crippen molar-refractivity contribution in [2.45, 2.75) is 12.5 Å². The second-order valence-electron chi connectivity index (χ2n) is 7.04. The first-order valence-electron chi connectivity index (χ1n) is 9.03. The number of imide groups is 1. The van der Waals surface area contributed by atoms with Gasteiger partial charge in [0, 0.05) is 0 Å². The van der Waals surface area contributed by atoms with Crippen LogP contribution in [-0.2, 0) is 5.60 Å². The number of fused-ring (bicyclic) bond motifs is 1. The van der Waals surface area contributed by atoms with Crippen molar-refractivity contribution in [2.75, 3.05) is 6.54 Å². The minimum absolute atomic E-state index is 0.139. The van der Waals surface area contributed by atoms with Gasteiger partial charge in [-0.1, -0.05) is 24.3 Å². The molecule has 0 fully saturated rings. The van der Waals surface area contributed by atoms with Crippen molar-refractivity contribution < 1.29 is 23.1 Å². The lowest BCUT2D eigenvalue weighted by Gasteiger charge is -2.34. The van der Waals surface area contributed by atoms with E-state index in [1.54, 1.807) is 37.3 Å². The van der Waals surface area contributed by atoms with Gasteiger partial charge in [0.05, 0.1) is 17.7 Å². The molecule has 0 aromatic heterocycles. The van der Waals surface area contributed by atoms with E-state index < -0.39 is 29.0 Å². The Balaban J connectivity index is 1.72. The second-order valence-corrected chi connectivity index (χ2v) is 7.04. The third-order valence-electron chi connectivity index (χ3n) is 4.93. The first-order valence-corrected chi connectivity index (χ1v) is 9.03. The Morgan fingerprint density at radius 1 is 0.828 bits per heavy atom. The Hall–Kier alpha value is -3.54. The topological polar surface area (TPSA) is 46.6 Å². The number of carbonyl (C=O) groups excluding carboxylic acids is 2. The summed E-state index contributed by atoms with van der Waals surface area (Å²) in [4.78, 5) is 26.7. The maximum atomic E-state index is 13.9. The molecule has 1 heterocycles. The molecule has 0 bridgehead atoms. The van der Waals surface area contributed by atoms with Gasteiger partial charge in [-0.15, -0.1) is 0 Å². The van der Waals surface area contributed by atoms with Crippen LogP contribution in [-0.4, -0.2) is 23.3 Å². The highest BCUT2D eigenvalue weighted by atomic mass is 19.1. The van der Waals surface area contributed by atoms with Crippen LogP contribution < -0.4 is 4.74 Å². The van der Waals surface area contributed by atoms with E-state index in [4.69, 9.17) is 4.74 Å². The summed E-state index contributed by atoms with van der Waals surface area (Å²) in [5.74, 6) is -1.44. The molecule has 0 aliphatic carbocycles. The van der Waals surface area contributed by atoms with Crippen molar-refractivity contribution in [3.05, 3.63) is 101 Å². The van der Waals surface area contributed by atoms with Gasteiger partial charge in [0.15, 0.2) is 0 Å². The van der Waals surface area contributed by atoms with E-state index in [9.17, 15) is 18.4 Å². The average molecular weight is 393 g/mol. The van der Waals surface area contributed by atoms with Gasteiger partial charge in [0.1, 0.15) is 23.0 Å².